The van der Waals surface area contributed by atoms with Crippen LogP contribution in [0.4, 0.5) is 0 Å². The molecule has 2 N–H and O–H groups in total. The Kier molecular flexibility index (Phi) is 4.68. The number of hydrogen-bond donors (Lipinski definition) is 2. The minimum atomic E-state index is -0.480. The molecule has 1 atom stereocenters. The maximum absolute atomic E-state index is 9.77. The molecule has 0 radical (unpaired) electrons. The van der Waals surface area contributed by atoms with Gasteiger partial charge in [-0.1, -0.05) is 48.5 Å². The van der Waals surface area contributed by atoms with Gasteiger partial charge in [0.15, 0.2) is 0 Å². The molecule has 3 aromatic rings. The molecule has 0 saturated carbocycles. The third-order valence-corrected chi connectivity index (χ3v) is 3.92. The first kappa shape index (κ1) is 15.0. The molecule has 0 aliphatic rings. The first-order chi connectivity index (χ1) is 10.8. The zero-order valence-electron chi connectivity index (χ0n) is 12.8. The molecule has 0 bridgehead atoms. The van der Waals surface area contributed by atoms with Crippen LogP contribution in [0.3, 0.4) is 0 Å². The maximum Gasteiger partial charge on any atom is 0.0897 e. The Bertz CT molecular complexity index is 716. The van der Waals surface area contributed by atoms with E-state index in [9.17, 15) is 5.11 Å². The monoisotopic (exact) mass is 295 g/mol. The molecule has 3 rings (SSSR count). The number of aliphatic hydroxyl groups is 1. The smallest absolute Gasteiger partial charge is 0.0897 e. The Morgan fingerprint density at radius 1 is 1.00 bits per heavy atom. The molecule has 1 unspecified atom stereocenters. The predicted molar refractivity (Wildman–Crippen MR) is 91.0 cm³/mol. The summed E-state index contributed by atoms with van der Waals surface area (Å²) < 4.78 is 4.96. The largest absolute Gasteiger partial charge is 0.389 e. The van der Waals surface area contributed by atoms with Crippen molar-refractivity contribution in [2.75, 3.05) is 20.3 Å². The maximum atomic E-state index is 9.77. The van der Waals surface area contributed by atoms with Crippen molar-refractivity contribution in [1.29, 1.82) is 0 Å². The minimum Gasteiger partial charge on any atom is -0.389 e. The van der Waals surface area contributed by atoms with Gasteiger partial charge in [0.2, 0.25) is 0 Å². The van der Waals surface area contributed by atoms with E-state index >= 15 is 0 Å². The minimum absolute atomic E-state index is 0.350. The molecule has 0 aliphatic heterocycles. The Labute approximate surface area is 130 Å². The van der Waals surface area contributed by atoms with E-state index in [1.165, 1.54) is 27.1 Å². The average molecular weight is 295 g/mol. The molecule has 3 heteroatoms. The Morgan fingerprint density at radius 2 is 1.59 bits per heavy atom. The first-order valence-electron chi connectivity index (χ1n) is 7.56. The number of nitrogens with one attached hydrogen (secondary N) is 1. The van der Waals surface area contributed by atoms with Crippen LogP contribution in [0, 0.1) is 0 Å². The molecule has 0 spiro atoms. The lowest BCUT2D eigenvalue weighted by Gasteiger charge is -2.14. The Balaban J connectivity index is 1.94. The molecule has 0 amide bonds. The van der Waals surface area contributed by atoms with Crippen LogP contribution < -0.4 is 5.32 Å². The third kappa shape index (κ3) is 3.12. The molecular weight excluding hydrogens is 274 g/mol. The highest BCUT2D eigenvalue weighted by Crippen LogP contribution is 2.28. The van der Waals surface area contributed by atoms with Crippen LogP contribution in [0.25, 0.3) is 21.5 Å². The van der Waals surface area contributed by atoms with Gasteiger partial charge in [0, 0.05) is 20.2 Å². The van der Waals surface area contributed by atoms with Crippen molar-refractivity contribution in [2.24, 2.45) is 0 Å². The molecular formula is C19H21NO2. The Morgan fingerprint density at radius 3 is 2.18 bits per heavy atom. The molecule has 3 aromatic carbocycles. The number of aliphatic hydroxyl groups excluding tert-OH is 1. The van der Waals surface area contributed by atoms with Crippen LogP contribution in [0.5, 0.6) is 0 Å². The van der Waals surface area contributed by atoms with E-state index in [4.69, 9.17) is 4.74 Å². The lowest BCUT2D eigenvalue weighted by molar-refractivity contribution is 0.0644. The van der Waals surface area contributed by atoms with Gasteiger partial charge in [0.25, 0.3) is 0 Å². The number of rotatable bonds is 6. The molecule has 0 aromatic heterocycles. The van der Waals surface area contributed by atoms with Gasteiger partial charge in [-0.05, 0) is 33.2 Å². The molecule has 0 fully saturated rings. The van der Waals surface area contributed by atoms with Gasteiger partial charge in [-0.25, -0.2) is 0 Å². The van der Waals surface area contributed by atoms with E-state index < -0.39 is 6.10 Å². The quantitative estimate of drug-likeness (QED) is 0.687. The van der Waals surface area contributed by atoms with Crippen LogP contribution in [0.1, 0.15) is 5.56 Å². The lowest BCUT2D eigenvalue weighted by Crippen LogP contribution is -2.29. The van der Waals surface area contributed by atoms with Crippen molar-refractivity contribution in [3.63, 3.8) is 0 Å². The van der Waals surface area contributed by atoms with Crippen LogP contribution in [-0.4, -0.2) is 31.5 Å². The van der Waals surface area contributed by atoms with Crippen molar-refractivity contribution >= 4 is 21.5 Å². The van der Waals surface area contributed by atoms with Gasteiger partial charge in [-0.2, -0.15) is 0 Å². The van der Waals surface area contributed by atoms with E-state index in [-0.39, 0.29) is 0 Å². The number of fused-ring (bicyclic) bond motifs is 2. The summed E-state index contributed by atoms with van der Waals surface area (Å²) in [5, 5.41) is 18.1. The van der Waals surface area contributed by atoms with E-state index in [0.29, 0.717) is 13.2 Å². The van der Waals surface area contributed by atoms with Crippen molar-refractivity contribution < 1.29 is 9.84 Å². The standard InChI is InChI=1S/C19H21NO2/c1-22-13-16(21)11-20-12-19-17-8-4-2-6-14(17)10-15-7-3-5-9-18(15)19/h2-10,16,20-21H,11-13H2,1H3. The summed E-state index contributed by atoms with van der Waals surface area (Å²) in [4.78, 5) is 0. The highest BCUT2D eigenvalue weighted by atomic mass is 16.5. The second kappa shape index (κ2) is 6.88. The topological polar surface area (TPSA) is 41.5 Å². The summed E-state index contributed by atoms with van der Waals surface area (Å²) in [5.74, 6) is 0. The summed E-state index contributed by atoms with van der Waals surface area (Å²) in [7, 11) is 1.60. The van der Waals surface area contributed by atoms with Crippen LogP contribution in [0.15, 0.2) is 54.6 Å². The number of hydrogen-bond acceptors (Lipinski definition) is 3. The van der Waals surface area contributed by atoms with Gasteiger partial charge >= 0.3 is 0 Å². The Hall–Kier alpha value is -1.94. The summed E-state index contributed by atoms with van der Waals surface area (Å²) in [6, 6.07) is 19.1. The second-order valence-corrected chi connectivity index (χ2v) is 5.54. The van der Waals surface area contributed by atoms with E-state index in [2.05, 4.69) is 59.9 Å². The normalized spacial score (nSPS) is 12.8. The summed E-state index contributed by atoms with van der Waals surface area (Å²) in [6.45, 7) is 1.59. The van der Waals surface area contributed by atoms with Crippen LogP contribution >= 0.6 is 0 Å². The molecule has 22 heavy (non-hydrogen) atoms. The average Bonchev–Trinajstić information content (AvgIpc) is 2.54. The predicted octanol–water partition coefficient (Wildman–Crippen LogP) is 3.09. The van der Waals surface area contributed by atoms with Gasteiger partial charge in [0.1, 0.15) is 0 Å². The molecule has 3 nitrogen and oxygen atoms in total. The highest BCUT2D eigenvalue weighted by molar-refractivity contribution is 6.02. The van der Waals surface area contributed by atoms with Crippen molar-refractivity contribution in [1.82, 2.24) is 5.32 Å². The fourth-order valence-electron chi connectivity index (χ4n) is 2.91. The fourth-order valence-corrected chi connectivity index (χ4v) is 2.91. The fraction of sp³-hybridized carbons (Fsp3) is 0.263. The van der Waals surface area contributed by atoms with Crippen molar-refractivity contribution in [3.8, 4) is 0 Å². The van der Waals surface area contributed by atoms with E-state index in [1.54, 1.807) is 7.11 Å². The van der Waals surface area contributed by atoms with Gasteiger partial charge in [0.05, 0.1) is 12.7 Å². The highest BCUT2D eigenvalue weighted by Gasteiger charge is 2.08. The van der Waals surface area contributed by atoms with E-state index in [0.717, 1.165) is 6.54 Å². The zero-order chi connectivity index (χ0) is 15.4. The summed E-state index contributed by atoms with van der Waals surface area (Å²) in [5.41, 5.74) is 1.28. The molecule has 0 aliphatic carbocycles. The third-order valence-electron chi connectivity index (χ3n) is 3.92. The van der Waals surface area contributed by atoms with Gasteiger partial charge in [-0.15, -0.1) is 0 Å². The SMILES string of the molecule is COCC(O)CNCc1c2ccccc2cc2ccccc12. The number of methoxy groups -OCH3 is 1. The van der Waals surface area contributed by atoms with Crippen molar-refractivity contribution in [3.05, 3.63) is 60.2 Å². The lowest BCUT2D eigenvalue weighted by atomic mass is 9.97. The van der Waals surface area contributed by atoms with Crippen LogP contribution in [-0.2, 0) is 11.3 Å². The number of benzene rings is 3. The zero-order valence-corrected chi connectivity index (χ0v) is 12.8. The summed E-state index contributed by atoms with van der Waals surface area (Å²) >= 11 is 0. The van der Waals surface area contributed by atoms with E-state index in [1.807, 2.05) is 0 Å². The number of ether oxygens (including phenoxy) is 1. The van der Waals surface area contributed by atoms with Gasteiger partial charge < -0.3 is 15.2 Å². The second-order valence-electron chi connectivity index (χ2n) is 5.54. The first-order valence-corrected chi connectivity index (χ1v) is 7.56. The van der Waals surface area contributed by atoms with Crippen LogP contribution in [0.2, 0.25) is 0 Å². The molecule has 0 saturated heterocycles. The molecule has 114 valence electrons. The van der Waals surface area contributed by atoms with Crippen molar-refractivity contribution in [2.45, 2.75) is 12.6 Å². The summed E-state index contributed by atoms with van der Waals surface area (Å²) in [6.07, 6.45) is -0.480. The molecule has 0 heterocycles. The van der Waals surface area contributed by atoms with Gasteiger partial charge in [-0.3, -0.25) is 0 Å².